The van der Waals surface area contributed by atoms with Gasteiger partial charge in [-0.1, -0.05) is 0 Å². The molecule has 78 valence electrons. The molecule has 13 heavy (non-hydrogen) atoms. The van der Waals surface area contributed by atoms with Gasteiger partial charge in [0.2, 0.25) is 0 Å². The van der Waals surface area contributed by atoms with Crippen molar-refractivity contribution >= 4 is 18.4 Å². The second-order valence-electron chi connectivity index (χ2n) is 3.24. The first-order chi connectivity index (χ1) is 5.70. The van der Waals surface area contributed by atoms with Crippen molar-refractivity contribution in [3.63, 3.8) is 0 Å². The van der Waals surface area contributed by atoms with E-state index in [1.54, 1.807) is 0 Å². The Hall–Kier alpha value is -0.320. The molecular weight excluding hydrogens is 194 g/mol. The fraction of sp³-hybridized carbons (Fsp3) is 0.875. The van der Waals surface area contributed by atoms with Crippen LogP contribution < -0.4 is 5.73 Å². The Balaban J connectivity index is 0.00000144. The van der Waals surface area contributed by atoms with Crippen LogP contribution in [0.3, 0.4) is 0 Å². The van der Waals surface area contributed by atoms with Gasteiger partial charge in [-0.25, -0.2) is 0 Å². The average Bonchev–Trinajstić information content (AvgIpc) is 2.05. The van der Waals surface area contributed by atoms with Crippen LogP contribution in [0.5, 0.6) is 0 Å². The van der Waals surface area contributed by atoms with Crippen molar-refractivity contribution in [3.05, 3.63) is 0 Å². The third-order valence-electron chi connectivity index (χ3n) is 2.21. The summed E-state index contributed by atoms with van der Waals surface area (Å²) in [6, 6.07) is -0.247. The second kappa shape index (κ2) is 6.18. The summed E-state index contributed by atoms with van der Waals surface area (Å²) in [5, 5.41) is 8.49. The minimum Gasteiger partial charge on any atom is -0.481 e. The number of ether oxygens (including phenoxy) is 1. The SMILES string of the molecule is Cl.NC(CC(=O)O)C1CCCOC1. The lowest BCUT2D eigenvalue weighted by Gasteiger charge is -2.26. The lowest BCUT2D eigenvalue weighted by Crippen LogP contribution is -2.37. The number of carboxylic acid groups (broad SMARTS) is 1. The van der Waals surface area contributed by atoms with E-state index in [1.165, 1.54) is 0 Å². The molecule has 2 atom stereocenters. The topological polar surface area (TPSA) is 72.6 Å². The molecule has 0 amide bonds. The van der Waals surface area contributed by atoms with Gasteiger partial charge in [0.15, 0.2) is 0 Å². The monoisotopic (exact) mass is 209 g/mol. The number of aliphatic carboxylic acids is 1. The summed E-state index contributed by atoms with van der Waals surface area (Å²) >= 11 is 0. The molecule has 0 radical (unpaired) electrons. The molecule has 0 aliphatic carbocycles. The van der Waals surface area contributed by atoms with Crippen molar-refractivity contribution < 1.29 is 14.6 Å². The molecule has 1 aliphatic heterocycles. The maximum atomic E-state index is 10.3. The molecule has 4 nitrogen and oxygen atoms in total. The minimum atomic E-state index is -0.826. The van der Waals surface area contributed by atoms with Gasteiger partial charge in [0, 0.05) is 12.6 Å². The Bertz CT molecular complexity index is 159. The van der Waals surface area contributed by atoms with Crippen LogP contribution in [-0.2, 0) is 9.53 Å². The summed E-state index contributed by atoms with van der Waals surface area (Å²) in [5.74, 6) is -0.595. The molecule has 0 spiro atoms. The zero-order valence-electron chi connectivity index (χ0n) is 7.44. The van der Waals surface area contributed by atoms with Gasteiger partial charge < -0.3 is 15.6 Å². The second-order valence-corrected chi connectivity index (χ2v) is 3.24. The molecule has 1 fully saturated rings. The van der Waals surface area contributed by atoms with Gasteiger partial charge in [0.25, 0.3) is 0 Å². The molecular formula is C8H16ClNO3. The molecule has 1 aliphatic rings. The Labute approximate surface area is 83.9 Å². The molecule has 1 rings (SSSR count). The van der Waals surface area contributed by atoms with Crippen LogP contribution in [0, 0.1) is 5.92 Å². The van der Waals surface area contributed by atoms with E-state index in [-0.39, 0.29) is 30.8 Å². The first-order valence-electron chi connectivity index (χ1n) is 4.25. The van der Waals surface area contributed by atoms with Gasteiger partial charge >= 0.3 is 5.97 Å². The molecule has 1 heterocycles. The zero-order valence-corrected chi connectivity index (χ0v) is 8.26. The van der Waals surface area contributed by atoms with Crippen LogP contribution in [0.1, 0.15) is 19.3 Å². The highest BCUT2D eigenvalue weighted by molar-refractivity contribution is 5.85. The number of hydrogen-bond donors (Lipinski definition) is 2. The van der Waals surface area contributed by atoms with Crippen LogP contribution in [0.4, 0.5) is 0 Å². The smallest absolute Gasteiger partial charge is 0.304 e. The number of halogens is 1. The fourth-order valence-corrected chi connectivity index (χ4v) is 1.47. The molecule has 0 aromatic rings. The average molecular weight is 210 g/mol. The third kappa shape index (κ3) is 4.45. The van der Waals surface area contributed by atoms with Crippen molar-refractivity contribution in [2.45, 2.75) is 25.3 Å². The van der Waals surface area contributed by atoms with Gasteiger partial charge in [0.1, 0.15) is 0 Å². The maximum absolute atomic E-state index is 10.3. The van der Waals surface area contributed by atoms with Gasteiger partial charge in [-0.15, -0.1) is 12.4 Å². The standard InChI is InChI=1S/C8H15NO3.ClH/c9-7(4-8(10)11)6-2-1-3-12-5-6;/h6-7H,1-5,9H2,(H,10,11);1H. The van der Waals surface area contributed by atoms with Crippen LogP contribution in [0.2, 0.25) is 0 Å². The molecule has 5 heteroatoms. The summed E-state index contributed by atoms with van der Waals surface area (Å²) in [6.45, 7) is 1.41. The number of nitrogens with two attached hydrogens (primary N) is 1. The van der Waals surface area contributed by atoms with E-state index < -0.39 is 5.97 Å². The first kappa shape index (κ1) is 12.7. The maximum Gasteiger partial charge on any atom is 0.304 e. The molecule has 0 saturated carbocycles. The lowest BCUT2D eigenvalue weighted by molar-refractivity contribution is -0.137. The van der Waals surface area contributed by atoms with Gasteiger partial charge in [-0.3, -0.25) is 4.79 Å². The molecule has 0 aromatic carbocycles. The largest absolute Gasteiger partial charge is 0.481 e. The van der Waals surface area contributed by atoms with Crippen molar-refractivity contribution in [1.82, 2.24) is 0 Å². The summed E-state index contributed by atoms with van der Waals surface area (Å²) in [4.78, 5) is 10.3. The fourth-order valence-electron chi connectivity index (χ4n) is 1.47. The van der Waals surface area contributed by atoms with E-state index >= 15 is 0 Å². The van der Waals surface area contributed by atoms with Crippen molar-refractivity contribution in [2.24, 2.45) is 11.7 Å². The highest BCUT2D eigenvalue weighted by atomic mass is 35.5. The van der Waals surface area contributed by atoms with E-state index in [9.17, 15) is 4.79 Å². The Morgan fingerprint density at radius 2 is 2.38 bits per heavy atom. The van der Waals surface area contributed by atoms with E-state index in [0.29, 0.717) is 6.61 Å². The molecule has 2 unspecified atom stereocenters. The third-order valence-corrected chi connectivity index (χ3v) is 2.21. The van der Waals surface area contributed by atoms with Crippen molar-refractivity contribution in [1.29, 1.82) is 0 Å². The van der Waals surface area contributed by atoms with E-state index in [2.05, 4.69) is 0 Å². The van der Waals surface area contributed by atoms with Crippen molar-refractivity contribution in [2.75, 3.05) is 13.2 Å². The molecule has 3 N–H and O–H groups in total. The highest BCUT2D eigenvalue weighted by Gasteiger charge is 2.22. The predicted octanol–water partition coefficient (Wildman–Crippen LogP) is 0.637. The van der Waals surface area contributed by atoms with Crippen LogP contribution in [0.15, 0.2) is 0 Å². The van der Waals surface area contributed by atoms with E-state index in [1.807, 2.05) is 0 Å². The van der Waals surface area contributed by atoms with E-state index in [4.69, 9.17) is 15.6 Å². The summed E-state index contributed by atoms with van der Waals surface area (Å²) < 4.78 is 5.21. The Morgan fingerprint density at radius 1 is 1.69 bits per heavy atom. The van der Waals surface area contributed by atoms with Crippen LogP contribution >= 0.6 is 12.4 Å². The Kier molecular flexibility index (Phi) is 6.03. The highest BCUT2D eigenvalue weighted by Crippen LogP contribution is 2.17. The summed E-state index contributed by atoms with van der Waals surface area (Å²) in [5.41, 5.74) is 5.69. The number of carboxylic acids is 1. The minimum absolute atomic E-state index is 0. The van der Waals surface area contributed by atoms with Crippen molar-refractivity contribution in [3.8, 4) is 0 Å². The number of hydrogen-bond acceptors (Lipinski definition) is 3. The molecule has 1 saturated heterocycles. The lowest BCUT2D eigenvalue weighted by atomic mass is 9.92. The number of carbonyl (C=O) groups is 1. The van der Waals surface area contributed by atoms with Crippen LogP contribution in [-0.4, -0.2) is 30.3 Å². The Morgan fingerprint density at radius 3 is 2.85 bits per heavy atom. The van der Waals surface area contributed by atoms with Gasteiger partial charge in [0.05, 0.1) is 13.0 Å². The van der Waals surface area contributed by atoms with E-state index in [0.717, 1.165) is 19.4 Å². The number of rotatable bonds is 3. The quantitative estimate of drug-likeness (QED) is 0.716. The predicted molar refractivity (Wildman–Crippen MR) is 51.0 cm³/mol. The van der Waals surface area contributed by atoms with Crippen LogP contribution in [0.25, 0.3) is 0 Å². The zero-order chi connectivity index (χ0) is 8.97. The first-order valence-corrected chi connectivity index (χ1v) is 4.25. The summed E-state index contributed by atoms with van der Waals surface area (Å²) in [7, 11) is 0. The molecule has 0 bridgehead atoms. The summed E-state index contributed by atoms with van der Waals surface area (Å²) in [6.07, 6.45) is 2.04. The van der Waals surface area contributed by atoms with Gasteiger partial charge in [-0.2, -0.15) is 0 Å². The normalized spacial score (nSPS) is 24.5. The molecule has 0 aromatic heterocycles. The van der Waals surface area contributed by atoms with Gasteiger partial charge in [-0.05, 0) is 18.8 Å².